The fourth-order valence-electron chi connectivity index (χ4n) is 5.16. The Labute approximate surface area is 151 Å². The minimum atomic E-state index is -0.941. The van der Waals surface area contributed by atoms with Crippen LogP contribution in [0.5, 0.6) is 0 Å². The Morgan fingerprint density at radius 1 is 1.04 bits per heavy atom. The summed E-state index contributed by atoms with van der Waals surface area (Å²) >= 11 is 0. The number of hydrogen-bond acceptors (Lipinski definition) is 1. The van der Waals surface area contributed by atoms with E-state index in [2.05, 4.69) is 36.3 Å². The number of rotatable bonds is 2. The lowest BCUT2D eigenvalue weighted by atomic mass is 10.1. The second-order valence-electron chi connectivity index (χ2n) is 8.53. The summed E-state index contributed by atoms with van der Waals surface area (Å²) in [7, 11) is -0.941. The number of aromatic nitrogens is 1. The minimum Gasteiger partial charge on any atom is -0.351 e. The number of aromatic amines is 1. The monoisotopic (exact) mass is 354 g/mol. The number of fused-ring (bicyclic) bond motifs is 1. The summed E-state index contributed by atoms with van der Waals surface area (Å²) in [5.74, 6) is 0.0690. The SMILES string of the molecule is Cc1cc(C)c2cc(C(=O)NC3CC[Si]4(CCCCC4)CC3)[nH]c2c1. The van der Waals surface area contributed by atoms with Crippen LogP contribution in [-0.4, -0.2) is 25.0 Å². The molecule has 4 rings (SSSR count). The zero-order valence-electron chi connectivity index (χ0n) is 15.6. The van der Waals surface area contributed by atoms with Crippen molar-refractivity contribution in [3.05, 3.63) is 35.0 Å². The molecule has 0 unspecified atom stereocenters. The van der Waals surface area contributed by atoms with Crippen molar-refractivity contribution in [2.24, 2.45) is 0 Å². The number of nitrogens with one attached hydrogen (secondary N) is 2. The van der Waals surface area contributed by atoms with Crippen LogP contribution in [0, 0.1) is 13.8 Å². The Bertz CT molecular complexity index is 779. The molecule has 1 aromatic heterocycles. The highest BCUT2D eigenvalue weighted by Gasteiger charge is 2.38. The third kappa shape index (κ3) is 3.41. The van der Waals surface area contributed by atoms with E-state index in [1.807, 2.05) is 6.07 Å². The largest absolute Gasteiger partial charge is 0.351 e. The van der Waals surface area contributed by atoms with E-state index in [1.54, 1.807) is 12.1 Å². The molecule has 3 nitrogen and oxygen atoms in total. The summed E-state index contributed by atoms with van der Waals surface area (Å²) in [6, 6.07) is 12.7. The maximum atomic E-state index is 12.7. The summed E-state index contributed by atoms with van der Waals surface area (Å²) in [6.45, 7) is 4.21. The van der Waals surface area contributed by atoms with Crippen molar-refractivity contribution in [2.45, 2.75) is 76.2 Å². The van der Waals surface area contributed by atoms with Gasteiger partial charge in [0.2, 0.25) is 0 Å². The second-order valence-corrected chi connectivity index (χ2v) is 13.5. The summed E-state index contributed by atoms with van der Waals surface area (Å²) in [5, 5.41) is 4.46. The number of carbonyl (C=O) groups is 1. The number of carbonyl (C=O) groups excluding carboxylic acids is 1. The molecule has 3 heterocycles. The maximum absolute atomic E-state index is 12.7. The Kier molecular flexibility index (Phi) is 4.48. The molecule has 0 bridgehead atoms. The van der Waals surface area contributed by atoms with Gasteiger partial charge in [0.05, 0.1) is 8.07 Å². The van der Waals surface area contributed by atoms with Gasteiger partial charge in [-0.3, -0.25) is 4.79 Å². The highest BCUT2D eigenvalue weighted by atomic mass is 28.3. The van der Waals surface area contributed by atoms with E-state index < -0.39 is 8.07 Å². The zero-order valence-corrected chi connectivity index (χ0v) is 16.6. The molecule has 0 saturated carbocycles. The van der Waals surface area contributed by atoms with Crippen LogP contribution >= 0.6 is 0 Å². The molecule has 2 aromatic rings. The first kappa shape index (κ1) is 16.9. The van der Waals surface area contributed by atoms with Crippen molar-refractivity contribution in [3.63, 3.8) is 0 Å². The number of benzene rings is 1. The van der Waals surface area contributed by atoms with Crippen molar-refractivity contribution >= 4 is 24.9 Å². The van der Waals surface area contributed by atoms with E-state index in [0.717, 1.165) is 10.9 Å². The number of hydrogen-bond donors (Lipinski definition) is 2. The third-order valence-corrected chi connectivity index (χ3v) is 12.2. The van der Waals surface area contributed by atoms with Gasteiger partial charge >= 0.3 is 0 Å². The molecule has 1 spiro atoms. The summed E-state index contributed by atoms with van der Waals surface area (Å²) < 4.78 is 0. The molecule has 134 valence electrons. The summed E-state index contributed by atoms with van der Waals surface area (Å²) in [6.07, 6.45) is 6.80. The molecule has 2 aliphatic rings. The second kappa shape index (κ2) is 6.64. The van der Waals surface area contributed by atoms with Gasteiger partial charge < -0.3 is 10.3 Å². The lowest BCUT2D eigenvalue weighted by Crippen LogP contribution is -2.46. The van der Waals surface area contributed by atoms with Crippen molar-refractivity contribution in [1.29, 1.82) is 0 Å². The summed E-state index contributed by atoms with van der Waals surface area (Å²) in [4.78, 5) is 16.0. The van der Waals surface area contributed by atoms with Crippen LogP contribution < -0.4 is 5.32 Å². The normalized spacial score (nSPS) is 20.9. The van der Waals surface area contributed by atoms with E-state index >= 15 is 0 Å². The molecule has 0 aliphatic carbocycles. The summed E-state index contributed by atoms with van der Waals surface area (Å²) in [5.41, 5.74) is 4.24. The van der Waals surface area contributed by atoms with Gasteiger partial charge in [0.25, 0.3) is 5.91 Å². The molecule has 2 aliphatic heterocycles. The van der Waals surface area contributed by atoms with Gasteiger partial charge in [-0.2, -0.15) is 0 Å². The van der Waals surface area contributed by atoms with E-state index in [4.69, 9.17) is 0 Å². The average molecular weight is 355 g/mol. The lowest BCUT2D eigenvalue weighted by Gasteiger charge is -2.41. The number of aryl methyl sites for hydroxylation is 2. The maximum Gasteiger partial charge on any atom is 0.267 e. The predicted octanol–water partition coefficient (Wildman–Crippen LogP) is 5.31. The standard InChI is InChI=1S/C21H30N2OSi/c1-15-12-16(2)18-14-20(23-19(18)13-15)21(24)22-17-6-10-25(11-7-17)8-4-3-5-9-25/h12-14,17,23H,3-11H2,1-2H3,(H,22,24). The van der Waals surface area contributed by atoms with Crippen LogP contribution in [-0.2, 0) is 0 Å². The van der Waals surface area contributed by atoms with Crippen LogP contribution in [0.1, 0.15) is 53.7 Å². The first-order valence-corrected chi connectivity index (χ1v) is 12.8. The number of H-pyrrole nitrogens is 1. The van der Waals surface area contributed by atoms with Crippen molar-refractivity contribution in [1.82, 2.24) is 10.3 Å². The Morgan fingerprint density at radius 2 is 1.76 bits per heavy atom. The topological polar surface area (TPSA) is 44.9 Å². The van der Waals surface area contributed by atoms with Gasteiger partial charge in [0.15, 0.2) is 0 Å². The van der Waals surface area contributed by atoms with Gasteiger partial charge in [-0.05, 0) is 49.9 Å². The van der Waals surface area contributed by atoms with Crippen LogP contribution in [0.2, 0.25) is 24.2 Å². The molecule has 2 N–H and O–H groups in total. The van der Waals surface area contributed by atoms with E-state index in [1.165, 1.54) is 55.3 Å². The fourth-order valence-corrected chi connectivity index (χ4v) is 10.6. The smallest absolute Gasteiger partial charge is 0.267 e. The first-order valence-electron chi connectivity index (χ1n) is 9.96. The molecular weight excluding hydrogens is 324 g/mol. The Morgan fingerprint density at radius 3 is 2.48 bits per heavy atom. The van der Waals surface area contributed by atoms with Gasteiger partial charge in [-0.15, -0.1) is 0 Å². The van der Waals surface area contributed by atoms with E-state index in [-0.39, 0.29) is 5.91 Å². The minimum absolute atomic E-state index is 0.0690. The Hall–Kier alpha value is -1.55. The molecule has 4 heteroatoms. The van der Waals surface area contributed by atoms with Crippen LogP contribution in [0.3, 0.4) is 0 Å². The lowest BCUT2D eigenvalue weighted by molar-refractivity contribution is 0.0929. The Balaban J connectivity index is 1.42. The average Bonchev–Trinajstić information content (AvgIpc) is 3.02. The van der Waals surface area contributed by atoms with Gasteiger partial charge in [-0.25, -0.2) is 0 Å². The van der Waals surface area contributed by atoms with Crippen molar-refractivity contribution in [2.75, 3.05) is 0 Å². The van der Waals surface area contributed by atoms with Crippen LogP contribution in [0.4, 0.5) is 0 Å². The molecule has 2 saturated heterocycles. The van der Waals surface area contributed by atoms with Gasteiger partial charge in [0, 0.05) is 16.9 Å². The number of amides is 1. The van der Waals surface area contributed by atoms with Crippen molar-refractivity contribution < 1.29 is 4.79 Å². The van der Waals surface area contributed by atoms with Crippen molar-refractivity contribution in [3.8, 4) is 0 Å². The zero-order chi connectivity index (χ0) is 17.4. The molecule has 1 amide bonds. The highest BCUT2D eigenvalue weighted by molar-refractivity contribution is 6.80. The first-order chi connectivity index (χ1) is 12.0. The van der Waals surface area contributed by atoms with E-state index in [9.17, 15) is 4.79 Å². The predicted molar refractivity (Wildman–Crippen MR) is 107 cm³/mol. The molecule has 2 fully saturated rings. The van der Waals surface area contributed by atoms with Crippen LogP contribution in [0.15, 0.2) is 18.2 Å². The highest BCUT2D eigenvalue weighted by Crippen LogP contribution is 2.40. The van der Waals surface area contributed by atoms with Crippen LogP contribution in [0.25, 0.3) is 10.9 Å². The van der Waals surface area contributed by atoms with Gasteiger partial charge in [0.1, 0.15) is 5.69 Å². The van der Waals surface area contributed by atoms with Gasteiger partial charge in [-0.1, -0.05) is 49.5 Å². The molecule has 0 radical (unpaired) electrons. The molecule has 1 aromatic carbocycles. The van der Waals surface area contributed by atoms with E-state index in [0.29, 0.717) is 11.7 Å². The molecular formula is C21H30N2OSi. The third-order valence-electron chi connectivity index (χ3n) is 6.63. The quantitative estimate of drug-likeness (QED) is 0.705. The molecule has 0 atom stereocenters. The molecule has 25 heavy (non-hydrogen) atoms. The fraction of sp³-hybridized carbons (Fsp3) is 0.571.